The molecular formula is C29H48O2. The van der Waals surface area contributed by atoms with Crippen molar-refractivity contribution in [3.05, 3.63) is 48.0 Å². The van der Waals surface area contributed by atoms with Gasteiger partial charge in [-0.1, -0.05) is 101 Å². The van der Waals surface area contributed by atoms with Crippen molar-refractivity contribution in [3.63, 3.8) is 0 Å². The molecule has 1 N–H and O–H groups in total. The number of allylic oxidation sites excluding steroid dienone is 2. The van der Waals surface area contributed by atoms with Crippen LogP contribution in [0.3, 0.4) is 0 Å². The summed E-state index contributed by atoms with van der Waals surface area (Å²) in [4.78, 5) is 0. The van der Waals surface area contributed by atoms with E-state index < -0.39 is 0 Å². The molecule has 0 aliphatic heterocycles. The van der Waals surface area contributed by atoms with E-state index in [0.29, 0.717) is 6.61 Å². The molecule has 1 saturated carbocycles. The average molecular weight is 429 g/mol. The van der Waals surface area contributed by atoms with Gasteiger partial charge in [-0.2, -0.15) is 0 Å². The van der Waals surface area contributed by atoms with Crippen LogP contribution in [0.2, 0.25) is 0 Å². The number of benzene rings is 1. The van der Waals surface area contributed by atoms with Gasteiger partial charge in [0.05, 0.1) is 19.3 Å². The molecule has 2 rings (SSSR count). The maximum Gasteiger partial charge on any atom is 0.0810 e. The number of hydrogen-bond acceptors (Lipinski definition) is 2. The Kier molecular flexibility index (Phi) is 13.9. The van der Waals surface area contributed by atoms with E-state index in [0.717, 1.165) is 30.6 Å². The van der Waals surface area contributed by atoms with Gasteiger partial charge >= 0.3 is 0 Å². The van der Waals surface area contributed by atoms with E-state index >= 15 is 0 Å². The number of rotatable bonds is 17. The average Bonchev–Trinajstić information content (AvgIpc) is 3.23. The second-order valence-corrected chi connectivity index (χ2v) is 9.86. The normalized spacial score (nSPS) is 21.0. The second-order valence-electron chi connectivity index (χ2n) is 9.86. The molecule has 1 fully saturated rings. The van der Waals surface area contributed by atoms with Crippen molar-refractivity contribution in [2.75, 3.05) is 6.61 Å². The Morgan fingerprint density at radius 2 is 1.84 bits per heavy atom. The molecule has 1 aliphatic carbocycles. The van der Waals surface area contributed by atoms with Gasteiger partial charge in [0.2, 0.25) is 0 Å². The van der Waals surface area contributed by atoms with Crippen molar-refractivity contribution in [3.8, 4) is 0 Å². The minimum atomic E-state index is -0.0304. The monoisotopic (exact) mass is 428 g/mol. The minimum absolute atomic E-state index is 0.0304. The SMILES string of the molecule is CCCCCCC=C[C@H]1CCC[C@@H]1CC(C)CCCCC(CO)OCc1ccccc1. The number of ether oxygens (including phenoxy) is 1. The molecule has 1 aromatic rings. The zero-order valence-electron chi connectivity index (χ0n) is 20.3. The fraction of sp³-hybridized carbons (Fsp3) is 0.724. The van der Waals surface area contributed by atoms with Crippen LogP contribution in [-0.4, -0.2) is 17.8 Å². The lowest BCUT2D eigenvalue weighted by Crippen LogP contribution is -2.17. The molecule has 2 heteroatoms. The summed E-state index contributed by atoms with van der Waals surface area (Å²) in [7, 11) is 0. The molecule has 1 aromatic carbocycles. The molecule has 4 atom stereocenters. The first kappa shape index (κ1) is 26.1. The van der Waals surface area contributed by atoms with Gasteiger partial charge in [0.1, 0.15) is 0 Å². The van der Waals surface area contributed by atoms with Crippen molar-refractivity contribution in [1.82, 2.24) is 0 Å². The fourth-order valence-corrected chi connectivity index (χ4v) is 5.09. The molecule has 0 saturated heterocycles. The van der Waals surface area contributed by atoms with Gasteiger partial charge in [-0.05, 0) is 61.8 Å². The van der Waals surface area contributed by atoms with Crippen LogP contribution in [0.1, 0.15) is 103 Å². The highest BCUT2D eigenvalue weighted by Crippen LogP contribution is 2.38. The Morgan fingerprint density at radius 3 is 2.61 bits per heavy atom. The van der Waals surface area contributed by atoms with Crippen LogP contribution < -0.4 is 0 Å². The lowest BCUT2D eigenvalue weighted by molar-refractivity contribution is -0.00362. The Morgan fingerprint density at radius 1 is 1.03 bits per heavy atom. The predicted octanol–water partition coefficient (Wildman–Crippen LogP) is 8.09. The van der Waals surface area contributed by atoms with Crippen molar-refractivity contribution in [1.29, 1.82) is 0 Å². The van der Waals surface area contributed by atoms with Crippen LogP contribution in [0, 0.1) is 17.8 Å². The van der Waals surface area contributed by atoms with Crippen LogP contribution in [0.15, 0.2) is 42.5 Å². The first-order valence-electron chi connectivity index (χ1n) is 13.2. The number of hydrogen-bond donors (Lipinski definition) is 1. The molecule has 2 unspecified atom stereocenters. The summed E-state index contributed by atoms with van der Waals surface area (Å²) in [6.07, 6.45) is 22.0. The molecular weight excluding hydrogens is 380 g/mol. The fourth-order valence-electron chi connectivity index (χ4n) is 5.09. The summed E-state index contributed by atoms with van der Waals surface area (Å²) in [5.74, 6) is 2.54. The Labute approximate surface area is 192 Å². The summed E-state index contributed by atoms with van der Waals surface area (Å²) >= 11 is 0. The van der Waals surface area contributed by atoms with Crippen LogP contribution in [0.5, 0.6) is 0 Å². The smallest absolute Gasteiger partial charge is 0.0810 e. The third kappa shape index (κ3) is 11.3. The molecule has 0 heterocycles. The zero-order chi connectivity index (χ0) is 22.2. The van der Waals surface area contributed by atoms with Crippen molar-refractivity contribution < 1.29 is 9.84 Å². The standard InChI is InChI=1S/C29H48O2/c1-3-4-5-6-7-11-18-27-19-14-20-28(27)22-25(2)15-12-13-21-29(23-30)31-24-26-16-9-8-10-17-26/h8-11,16-18,25,27-30H,3-7,12-15,19-24H2,1-2H3/t25?,27-,28+,29?/m0/s1. The maximum atomic E-state index is 9.63. The van der Waals surface area contributed by atoms with Crippen LogP contribution in [0.4, 0.5) is 0 Å². The van der Waals surface area contributed by atoms with E-state index in [2.05, 4.69) is 38.1 Å². The Hall–Kier alpha value is -1.12. The summed E-state index contributed by atoms with van der Waals surface area (Å²) in [6.45, 7) is 5.44. The van der Waals surface area contributed by atoms with E-state index in [1.807, 2.05) is 18.2 Å². The number of aliphatic hydroxyl groups is 1. The second kappa shape index (κ2) is 16.5. The van der Waals surface area contributed by atoms with E-state index in [9.17, 15) is 5.11 Å². The highest BCUT2D eigenvalue weighted by Gasteiger charge is 2.26. The van der Waals surface area contributed by atoms with Crippen LogP contribution in [0.25, 0.3) is 0 Å². The summed E-state index contributed by atoms with van der Waals surface area (Å²) in [5, 5.41) is 9.63. The third-order valence-electron chi connectivity index (χ3n) is 7.04. The zero-order valence-corrected chi connectivity index (χ0v) is 20.3. The van der Waals surface area contributed by atoms with Gasteiger partial charge in [-0.25, -0.2) is 0 Å². The summed E-state index contributed by atoms with van der Waals surface area (Å²) in [6, 6.07) is 10.2. The van der Waals surface area contributed by atoms with E-state index in [-0.39, 0.29) is 12.7 Å². The molecule has 31 heavy (non-hydrogen) atoms. The Bertz CT molecular complexity index is 567. The molecule has 0 amide bonds. The van der Waals surface area contributed by atoms with Gasteiger partial charge in [0.15, 0.2) is 0 Å². The number of aliphatic hydroxyl groups excluding tert-OH is 1. The largest absolute Gasteiger partial charge is 0.394 e. The van der Waals surface area contributed by atoms with Gasteiger partial charge in [-0.3, -0.25) is 0 Å². The van der Waals surface area contributed by atoms with Gasteiger partial charge < -0.3 is 9.84 Å². The van der Waals surface area contributed by atoms with Crippen molar-refractivity contribution >= 4 is 0 Å². The van der Waals surface area contributed by atoms with E-state index in [1.54, 1.807) is 0 Å². The third-order valence-corrected chi connectivity index (χ3v) is 7.04. The Balaban J connectivity index is 1.57. The number of unbranched alkanes of at least 4 members (excludes halogenated alkanes) is 5. The molecule has 2 nitrogen and oxygen atoms in total. The van der Waals surface area contributed by atoms with E-state index in [4.69, 9.17) is 4.74 Å². The van der Waals surface area contributed by atoms with Crippen LogP contribution in [-0.2, 0) is 11.3 Å². The van der Waals surface area contributed by atoms with Crippen molar-refractivity contribution in [2.24, 2.45) is 17.8 Å². The quantitative estimate of drug-likeness (QED) is 0.201. The molecule has 0 aromatic heterocycles. The minimum Gasteiger partial charge on any atom is -0.394 e. The predicted molar refractivity (Wildman–Crippen MR) is 133 cm³/mol. The van der Waals surface area contributed by atoms with Gasteiger partial charge in [0.25, 0.3) is 0 Å². The van der Waals surface area contributed by atoms with Crippen LogP contribution >= 0.6 is 0 Å². The van der Waals surface area contributed by atoms with Gasteiger partial charge in [0, 0.05) is 0 Å². The van der Waals surface area contributed by atoms with Crippen molar-refractivity contribution in [2.45, 2.75) is 110 Å². The maximum absolute atomic E-state index is 9.63. The molecule has 0 bridgehead atoms. The molecule has 0 radical (unpaired) electrons. The van der Waals surface area contributed by atoms with E-state index in [1.165, 1.54) is 76.2 Å². The summed E-state index contributed by atoms with van der Waals surface area (Å²) in [5.41, 5.74) is 1.18. The highest BCUT2D eigenvalue weighted by atomic mass is 16.5. The van der Waals surface area contributed by atoms with Gasteiger partial charge in [-0.15, -0.1) is 0 Å². The highest BCUT2D eigenvalue weighted by molar-refractivity contribution is 5.13. The first-order valence-corrected chi connectivity index (χ1v) is 13.2. The molecule has 176 valence electrons. The lowest BCUT2D eigenvalue weighted by Gasteiger charge is -2.21. The first-order chi connectivity index (χ1) is 15.2. The molecule has 0 spiro atoms. The molecule has 1 aliphatic rings. The lowest BCUT2D eigenvalue weighted by atomic mass is 9.85. The topological polar surface area (TPSA) is 29.5 Å². The summed E-state index contributed by atoms with van der Waals surface area (Å²) < 4.78 is 5.92.